The van der Waals surface area contributed by atoms with Gasteiger partial charge in [-0.15, -0.1) is 0 Å². The zero-order valence-electron chi connectivity index (χ0n) is 10.3. The molecule has 0 spiro atoms. The lowest BCUT2D eigenvalue weighted by Gasteiger charge is -2.06. The lowest BCUT2D eigenvalue weighted by Crippen LogP contribution is -2.03. The zero-order valence-corrected chi connectivity index (χ0v) is 10.3. The Kier molecular flexibility index (Phi) is 4.07. The lowest BCUT2D eigenvalue weighted by atomic mass is 10.2. The summed E-state index contributed by atoms with van der Waals surface area (Å²) in [6.45, 7) is 0.211. The van der Waals surface area contributed by atoms with Crippen LogP contribution in [-0.4, -0.2) is 18.1 Å². The average molecular weight is 261 g/mol. The van der Waals surface area contributed by atoms with Gasteiger partial charge in [-0.05, 0) is 23.8 Å². The van der Waals surface area contributed by atoms with Crippen LogP contribution in [0.25, 0.3) is 0 Å². The number of carbonyl (C=O) groups excluding carboxylic acids is 1. The molecule has 0 N–H and O–H groups in total. The first-order valence-electron chi connectivity index (χ1n) is 5.60. The number of hydrogen-bond donors (Lipinski definition) is 0. The highest BCUT2D eigenvalue weighted by atomic mass is 19.1. The predicted octanol–water partition coefficient (Wildman–Crippen LogP) is 2.59. The minimum absolute atomic E-state index is 0.211. The smallest absolute Gasteiger partial charge is 0.339 e. The van der Waals surface area contributed by atoms with Gasteiger partial charge >= 0.3 is 5.97 Å². The molecular formula is C14H12FNO3. The van der Waals surface area contributed by atoms with E-state index < -0.39 is 5.97 Å². The SMILES string of the molecule is COC(=O)c1ccc(OCc2cccc(F)c2)nc1. The van der Waals surface area contributed by atoms with Crippen LogP contribution in [0.2, 0.25) is 0 Å². The van der Waals surface area contributed by atoms with E-state index in [1.807, 2.05) is 0 Å². The van der Waals surface area contributed by atoms with Crippen molar-refractivity contribution in [2.24, 2.45) is 0 Å². The maximum absolute atomic E-state index is 13.0. The Morgan fingerprint density at radius 2 is 2.16 bits per heavy atom. The molecule has 0 aliphatic rings. The number of esters is 1. The topological polar surface area (TPSA) is 48.4 Å². The van der Waals surface area contributed by atoms with Crippen LogP contribution in [0.5, 0.6) is 5.88 Å². The molecule has 0 bridgehead atoms. The third-order valence-electron chi connectivity index (χ3n) is 2.43. The van der Waals surface area contributed by atoms with Crippen molar-refractivity contribution in [2.45, 2.75) is 6.61 Å². The van der Waals surface area contributed by atoms with Crippen LogP contribution in [0.15, 0.2) is 42.6 Å². The Morgan fingerprint density at radius 1 is 1.32 bits per heavy atom. The Labute approximate surface area is 109 Å². The van der Waals surface area contributed by atoms with E-state index in [1.165, 1.54) is 25.4 Å². The number of methoxy groups -OCH3 is 1. The van der Waals surface area contributed by atoms with Crippen molar-refractivity contribution in [3.63, 3.8) is 0 Å². The summed E-state index contributed by atoms with van der Waals surface area (Å²) in [5.74, 6) is -0.406. The average Bonchev–Trinajstić information content (AvgIpc) is 2.45. The van der Waals surface area contributed by atoms with Crippen molar-refractivity contribution >= 4 is 5.97 Å². The number of hydrogen-bond acceptors (Lipinski definition) is 4. The summed E-state index contributed by atoms with van der Waals surface area (Å²) in [6, 6.07) is 9.24. The zero-order chi connectivity index (χ0) is 13.7. The predicted molar refractivity (Wildman–Crippen MR) is 66.3 cm³/mol. The van der Waals surface area contributed by atoms with Gasteiger partial charge in [0.2, 0.25) is 5.88 Å². The molecule has 0 aliphatic heterocycles. The molecule has 0 atom stereocenters. The second-order valence-corrected chi connectivity index (χ2v) is 3.80. The highest BCUT2D eigenvalue weighted by Gasteiger charge is 2.06. The molecule has 5 heteroatoms. The highest BCUT2D eigenvalue weighted by molar-refractivity contribution is 5.88. The van der Waals surface area contributed by atoms with E-state index in [9.17, 15) is 9.18 Å². The molecule has 0 saturated carbocycles. The van der Waals surface area contributed by atoms with Crippen LogP contribution >= 0.6 is 0 Å². The second kappa shape index (κ2) is 5.95. The third kappa shape index (κ3) is 3.51. The van der Waals surface area contributed by atoms with E-state index in [4.69, 9.17) is 4.74 Å². The molecule has 0 aliphatic carbocycles. The number of rotatable bonds is 4. The number of nitrogens with zero attached hydrogens (tertiary/aromatic N) is 1. The number of carbonyl (C=O) groups is 1. The molecule has 19 heavy (non-hydrogen) atoms. The van der Waals surface area contributed by atoms with Crippen molar-refractivity contribution in [2.75, 3.05) is 7.11 Å². The number of pyridine rings is 1. The quantitative estimate of drug-likeness (QED) is 0.794. The summed E-state index contributed by atoms with van der Waals surface area (Å²) in [5, 5.41) is 0. The van der Waals surface area contributed by atoms with Crippen LogP contribution in [0.3, 0.4) is 0 Å². The van der Waals surface area contributed by atoms with Crippen molar-refractivity contribution in [3.05, 3.63) is 59.5 Å². The van der Waals surface area contributed by atoms with Gasteiger partial charge in [-0.1, -0.05) is 12.1 Å². The molecule has 0 fully saturated rings. The maximum atomic E-state index is 13.0. The van der Waals surface area contributed by atoms with Gasteiger partial charge in [0.1, 0.15) is 12.4 Å². The largest absolute Gasteiger partial charge is 0.473 e. The van der Waals surface area contributed by atoms with E-state index in [1.54, 1.807) is 24.3 Å². The first-order chi connectivity index (χ1) is 9.19. The van der Waals surface area contributed by atoms with Gasteiger partial charge in [-0.3, -0.25) is 0 Å². The van der Waals surface area contributed by atoms with E-state index in [0.717, 1.165) is 0 Å². The molecular weight excluding hydrogens is 249 g/mol. The van der Waals surface area contributed by atoms with Crippen LogP contribution in [0.4, 0.5) is 4.39 Å². The number of aromatic nitrogens is 1. The Balaban J connectivity index is 1.98. The molecule has 2 aromatic rings. The number of benzene rings is 1. The van der Waals surface area contributed by atoms with Gasteiger partial charge < -0.3 is 9.47 Å². The molecule has 0 radical (unpaired) electrons. The molecule has 1 aromatic carbocycles. The molecule has 0 unspecified atom stereocenters. The van der Waals surface area contributed by atoms with Gasteiger partial charge in [0.15, 0.2) is 0 Å². The Morgan fingerprint density at radius 3 is 2.79 bits per heavy atom. The van der Waals surface area contributed by atoms with Crippen LogP contribution in [0, 0.1) is 5.82 Å². The summed E-state index contributed by atoms with van der Waals surface area (Å²) >= 11 is 0. The summed E-state index contributed by atoms with van der Waals surface area (Å²) in [4.78, 5) is 15.2. The van der Waals surface area contributed by atoms with Gasteiger partial charge in [0, 0.05) is 12.3 Å². The molecule has 1 heterocycles. The first-order valence-corrected chi connectivity index (χ1v) is 5.60. The molecule has 4 nitrogen and oxygen atoms in total. The fraction of sp³-hybridized carbons (Fsp3) is 0.143. The van der Waals surface area contributed by atoms with E-state index in [0.29, 0.717) is 17.0 Å². The fourth-order valence-electron chi connectivity index (χ4n) is 1.49. The maximum Gasteiger partial charge on any atom is 0.339 e. The standard InChI is InChI=1S/C14H12FNO3/c1-18-14(17)11-5-6-13(16-8-11)19-9-10-3-2-4-12(15)7-10/h2-8H,9H2,1H3. The van der Waals surface area contributed by atoms with Crippen LogP contribution < -0.4 is 4.74 Å². The van der Waals surface area contributed by atoms with Crippen molar-refractivity contribution in [3.8, 4) is 5.88 Å². The van der Waals surface area contributed by atoms with Crippen molar-refractivity contribution < 1.29 is 18.7 Å². The summed E-state index contributed by atoms with van der Waals surface area (Å²) in [5.41, 5.74) is 1.06. The van der Waals surface area contributed by atoms with E-state index >= 15 is 0 Å². The Bertz CT molecular complexity index is 569. The molecule has 0 amide bonds. The second-order valence-electron chi connectivity index (χ2n) is 3.80. The van der Waals surface area contributed by atoms with Crippen molar-refractivity contribution in [1.82, 2.24) is 4.98 Å². The van der Waals surface area contributed by atoms with Gasteiger partial charge in [0.05, 0.1) is 12.7 Å². The van der Waals surface area contributed by atoms with Gasteiger partial charge in [-0.2, -0.15) is 0 Å². The summed E-state index contributed by atoms with van der Waals surface area (Å²) < 4.78 is 22.9. The van der Waals surface area contributed by atoms with Gasteiger partial charge in [-0.25, -0.2) is 14.2 Å². The molecule has 2 rings (SSSR count). The van der Waals surface area contributed by atoms with E-state index in [2.05, 4.69) is 9.72 Å². The molecule has 0 saturated heterocycles. The summed E-state index contributed by atoms with van der Waals surface area (Å²) in [6.07, 6.45) is 1.37. The number of halogens is 1. The minimum Gasteiger partial charge on any atom is -0.473 e. The number of ether oxygens (including phenoxy) is 2. The fourth-order valence-corrected chi connectivity index (χ4v) is 1.49. The van der Waals surface area contributed by atoms with Gasteiger partial charge in [0.25, 0.3) is 0 Å². The third-order valence-corrected chi connectivity index (χ3v) is 2.43. The monoisotopic (exact) mass is 261 g/mol. The first kappa shape index (κ1) is 13.0. The Hall–Kier alpha value is -2.43. The van der Waals surface area contributed by atoms with Crippen LogP contribution in [0.1, 0.15) is 15.9 Å². The highest BCUT2D eigenvalue weighted by Crippen LogP contribution is 2.11. The normalized spacial score (nSPS) is 10.0. The molecule has 98 valence electrons. The lowest BCUT2D eigenvalue weighted by molar-refractivity contribution is 0.0600. The van der Waals surface area contributed by atoms with E-state index in [-0.39, 0.29) is 12.4 Å². The van der Waals surface area contributed by atoms with Crippen molar-refractivity contribution in [1.29, 1.82) is 0 Å². The minimum atomic E-state index is -0.454. The van der Waals surface area contributed by atoms with Crippen LogP contribution in [-0.2, 0) is 11.3 Å². The molecule has 1 aromatic heterocycles. The summed E-state index contributed by atoms with van der Waals surface area (Å²) in [7, 11) is 1.30.